The van der Waals surface area contributed by atoms with Gasteiger partial charge in [-0.1, -0.05) is 0 Å². The maximum Gasteiger partial charge on any atom is 0.355 e. The van der Waals surface area contributed by atoms with E-state index in [1.165, 1.54) is 17.7 Å². The fourth-order valence-corrected chi connectivity index (χ4v) is 2.22. The number of hydrogen-bond donors (Lipinski definition) is 1. The van der Waals surface area contributed by atoms with Gasteiger partial charge in [-0.25, -0.2) is 4.79 Å². The zero-order valence-electron chi connectivity index (χ0n) is 10.4. The molecule has 1 aliphatic rings. The first-order valence-corrected chi connectivity index (χ1v) is 5.82. The first kappa shape index (κ1) is 11.2. The van der Waals surface area contributed by atoms with Crippen LogP contribution in [0, 0.1) is 6.92 Å². The van der Waals surface area contributed by atoms with E-state index in [2.05, 4.69) is 4.98 Å². The Morgan fingerprint density at radius 1 is 1.31 bits per heavy atom. The molecule has 0 saturated heterocycles. The van der Waals surface area contributed by atoms with Crippen molar-refractivity contribution in [1.82, 2.24) is 4.98 Å². The fourth-order valence-electron chi connectivity index (χ4n) is 2.22. The van der Waals surface area contributed by atoms with Crippen LogP contribution in [0.1, 0.15) is 54.5 Å². The molecule has 0 radical (unpaired) electrons. The van der Waals surface area contributed by atoms with E-state index >= 15 is 0 Å². The highest BCUT2D eigenvalue weighted by atomic mass is 16.6. The molecule has 1 aliphatic carbocycles. The van der Waals surface area contributed by atoms with Crippen LogP contribution in [0.5, 0.6) is 0 Å². The molecule has 0 saturated carbocycles. The van der Waals surface area contributed by atoms with Crippen LogP contribution in [0.4, 0.5) is 0 Å². The lowest BCUT2D eigenvalue weighted by molar-refractivity contribution is 0.00625. The molecule has 0 spiro atoms. The summed E-state index contributed by atoms with van der Waals surface area (Å²) >= 11 is 0. The van der Waals surface area contributed by atoms with Crippen molar-refractivity contribution in [2.45, 2.75) is 52.6 Å². The topological polar surface area (TPSA) is 42.1 Å². The summed E-state index contributed by atoms with van der Waals surface area (Å²) < 4.78 is 5.37. The van der Waals surface area contributed by atoms with Crippen molar-refractivity contribution in [3.8, 4) is 0 Å². The summed E-state index contributed by atoms with van der Waals surface area (Å²) in [6.45, 7) is 7.66. The number of carbonyl (C=O) groups is 1. The number of carbonyl (C=O) groups excluding carboxylic acids is 1. The van der Waals surface area contributed by atoms with Gasteiger partial charge in [-0.05, 0) is 58.1 Å². The van der Waals surface area contributed by atoms with Crippen molar-refractivity contribution in [3.05, 3.63) is 22.5 Å². The van der Waals surface area contributed by atoms with Gasteiger partial charge in [0.1, 0.15) is 11.3 Å². The molecule has 1 N–H and O–H groups in total. The summed E-state index contributed by atoms with van der Waals surface area (Å²) in [5, 5.41) is 0. The predicted molar refractivity (Wildman–Crippen MR) is 62.7 cm³/mol. The minimum absolute atomic E-state index is 0.237. The zero-order valence-corrected chi connectivity index (χ0v) is 10.4. The number of nitrogens with one attached hydrogen (secondary N) is 1. The van der Waals surface area contributed by atoms with Crippen LogP contribution in [-0.4, -0.2) is 16.6 Å². The molecule has 0 aromatic carbocycles. The highest BCUT2D eigenvalue weighted by Crippen LogP contribution is 2.28. The third kappa shape index (κ3) is 1.99. The Balaban J connectivity index is 2.25. The number of H-pyrrole nitrogens is 1. The summed E-state index contributed by atoms with van der Waals surface area (Å²) in [5.74, 6) is -0.237. The summed E-state index contributed by atoms with van der Waals surface area (Å²) in [7, 11) is 0. The second kappa shape index (κ2) is 3.65. The number of hydrogen-bond acceptors (Lipinski definition) is 2. The van der Waals surface area contributed by atoms with E-state index in [4.69, 9.17) is 4.74 Å². The number of aryl methyl sites for hydroxylation is 1. The largest absolute Gasteiger partial charge is 0.455 e. The molecule has 0 fully saturated rings. The molecule has 88 valence electrons. The van der Waals surface area contributed by atoms with E-state index in [0.717, 1.165) is 18.4 Å². The molecule has 2 rings (SSSR count). The Morgan fingerprint density at radius 3 is 2.56 bits per heavy atom. The van der Waals surface area contributed by atoms with Gasteiger partial charge >= 0.3 is 5.97 Å². The van der Waals surface area contributed by atoms with E-state index in [-0.39, 0.29) is 5.97 Å². The second-order valence-corrected chi connectivity index (χ2v) is 5.44. The summed E-state index contributed by atoms with van der Waals surface area (Å²) in [6, 6.07) is 0. The molecule has 0 amide bonds. The van der Waals surface area contributed by atoms with Gasteiger partial charge in [0.05, 0.1) is 0 Å². The van der Waals surface area contributed by atoms with Gasteiger partial charge in [-0.3, -0.25) is 0 Å². The Hall–Kier alpha value is -1.25. The number of rotatable bonds is 1. The molecule has 0 aliphatic heterocycles. The van der Waals surface area contributed by atoms with Gasteiger partial charge in [-0.15, -0.1) is 0 Å². The molecule has 3 nitrogen and oxygen atoms in total. The van der Waals surface area contributed by atoms with Gasteiger partial charge in [0.25, 0.3) is 0 Å². The average Bonchev–Trinajstić information content (AvgIpc) is 2.66. The van der Waals surface area contributed by atoms with Crippen molar-refractivity contribution >= 4 is 5.97 Å². The molecular formula is C13H19NO2. The Labute approximate surface area is 96.2 Å². The van der Waals surface area contributed by atoms with Gasteiger partial charge in [-0.2, -0.15) is 0 Å². The van der Waals surface area contributed by atoms with Crippen molar-refractivity contribution in [1.29, 1.82) is 0 Å². The van der Waals surface area contributed by atoms with Crippen LogP contribution in [0.3, 0.4) is 0 Å². The van der Waals surface area contributed by atoms with Crippen LogP contribution in [0.25, 0.3) is 0 Å². The third-order valence-corrected chi connectivity index (χ3v) is 2.92. The number of fused-ring (bicyclic) bond motifs is 1. The smallest absolute Gasteiger partial charge is 0.355 e. The third-order valence-electron chi connectivity index (χ3n) is 2.92. The van der Waals surface area contributed by atoms with Crippen molar-refractivity contribution in [3.63, 3.8) is 0 Å². The molecule has 16 heavy (non-hydrogen) atoms. The molecule has 1 aromatic heterocycles. The van der Waals surface area contributed by atoms with E-state index in [1.54, 1.807) is 0 Å². The summed E-state index contributed by atoms with van der Waals surface area (Å²) in [4.78, 5) is 15.1. The van der Waals surface area contributed by atoms with Crippen LogP contribution < -0.4 is 0 Å². The maximum absolute atomic E-state index is 11.9. The van der Waals surface area contributed by atoms with E-state index in [1.807, 2.05) is 27.7 Å². The number of ether oxygens (including phenoxy) is 1. The Bertz CT molecular complexity index is 424. The fraction of sp³-hybridized carbons (Fsp3) is 0.615. The number of aromatic amines is 1. The van der Waals surface area contributed by atoms with Crippen LogP contribution in [0.2, 0.25) is 0 Å². The Morgan fingerprint density at radius 2 is 2.00 bits per heavy atom. The van der Waals surface area contributed by atoms with Crippen LogP contribution in [0.15, 0.2) is 0 Å². The first-order valence-electron chi connectivity index (χ1n) is 5.82. The molecular weight excluding hydrogens is 202 g/mol. The SMILES string of the molecule is Cc1c(C(=O)OC(C)(C)C)[nH]c2c1CCC2. The average molecular weight is 221 g/mol. The Kier molecular flexibility index (Phi) is 2.56. The van der Waals surface area contributed by atoms with Crippen molar-refractivity contribution in [2.24, 2.45) is 0 Å². The molecule has 0 atom stereocenters. The van der Waals surface area contributed by atoms with Crippen molar-refractivity contribution in [2.75, 3.05) is 0 Å². The maximum atomic E-state index is 11.9. The quantitative estimate of drug-likeness (QED) is 0.741. The lowest BCUT2D eigenvalue weighted by atomic mass is 10.1. The lowest BCUT2D eigenvalue weighted by Gasteiger charge is -2.19. The van der Waals surface area contributed by atoms with Gasteiger partial charge in [0.15, 0.2) is 0 Å². The van der Waals surface area contributed by atoms with E-state index < -0.39 is 5.60 Å². The normalized spacial score (nSPS) is 15.0. The molecule has 1 aromatic rings. The first-order chi connectivity index (χ1) is 7.38. The molecule has 0 bridgehead atoms. The zero-order chi connectivity index (χ0) is 11.9. The van der Waals surface area contributed by atoms with E-state index in [0.29, 0.717) is 5.69 Å². The highest BCUT2D eigenvalue weighted by Gasteiger charge is 2.25. The second-order valence-electron chi connectivity index (χ2n) is 5.44. The predicted octanol–water partition coefficient (Wildman–Crippen LogP) is 2.77. The number of aromatic nitrogens is 1. The summed E-state index contributed by atoms with van der Waals surface area (Å²) in [5.41, 5.74) is 3.82. The number of esters is 1. The van der Waals surface area contributed by atoms with Gasteiger partial charge in [0, 0.05) is 5.69 Å². The minimum Gasteiger partial charge on any atom is -0.455 e. The summed E-state index contributed by atoms with van der Waals surface area (Å²) in [6.07, 6.45) is 3.33. The van der Waals surface area contributed by atoms with Crippen molar-refractivity contribution < 1.29 is 9.53 Å². The molecule has 0 unspecified atom stereocenters. The van der Waals surface area contributed by atoms with Crippen LogP contribution in [-0.2, 0) is 17.6 Å². The van der Waals surface area contributed by atoms with Gasteiger partial charge < -0.3 is 9.72 Å². The molecule has 1 heterocycles. The standard InChI is InChI=1S/C13H19NO2/c1-8-9-6-5-7-10(9)14-11(8)12(15)16-13(2,3)4/h14H,5-7H2,1-4H3. The van der Waals surface area contributed by atoms with E-state index in [9.17, 15) is 4.79 Å². The molecule has 3 heteroatoms. The lowest BCUT2D eigenvalue weighted by Crippen LogP contribution is -2.24. The minimum atomic E-state index is -0.431. The van der Waals surface area contributed by atoms with Crippen LogP contribution >= 0.6 is 0 Å². The highest BCUT2D eigenvalue weighted by molar-refractivity contribution is 5.90. The monoisotopic (exact) mass is 221 g/mol. The van der Waals surface area contributed by atoms with Gasteiger partial charge in [0.2, 0.25) is 0 Å².